The minimum Gasteiger partial charge on any atom is -0.473 e. The van der Waals surface area contributed by atoms with Crippen LogP contribution in [0, 0.1) is 5.92 Å². The molecule has 9 heteroatoms. The number of benzene rings is 1. The molecule has 1 aromatic heterocycles. The maximum Gasteiger partial charge on any atom is 0.417 e. The Kier molecular flexibility index (Phi) is 5.65. The number of carbonyl (C=O) groups excluding carboxylic acids is 3. The van der Waals surface area contributed by atoms with E-state index in [9.17, 15) is 14.4 Å². The summed E-state index contributed by atoms with van der Waals surface area (Å²) in [6, 6.07) is 7.32. The lowest BCUT2D eigenvalue weighted by Gasteiger charge is -2.27. The average molecular weight is 489 g/mol. The van der Waals surface area contributed by atoms with Crippen LogP contribution in [0.15, 0.2) is 66.0 Å². The van der Waals surface area contributed by atoms with Gasteiger partial charge in [0.25, 0.3) is 11.8 Å². The van der Waals surface area contributed by atoms with E-state index in [4.69, 9.17) is 9.47 Å². The van der Waals surface area contributed by atoms with Gasteiger partial charge >= 0.3 is 6.09 Å². The standard InChI is InChI=1S/C27H28N4O5/c1-15-16(2)25(30(23(15)32)18-11-28-14-29-12-18)35-13-21-20-10-17-8-6-7-9-19(17)22(20)31(24(21)33)26(34)36-27(3,4)5/h6-9,11-14,20,22,25H,10H2,1-5H3/b21-13+. The van der Waals surface area contributed by atoms with Crippen molar-refractivity contribution in [2.24, 2.45) is 5.92 Å². The third kappa shape index (κ3) is 3.84. The van der Waals surface area contributed by atoms with Gasteiger partial charge in [-0.1, -0.05) is 24.3 Å². The van der Waals surface area contributed by atoms with Gasteiger partial charge in [-0.2, -0.15) is 0 Å². The van der Waals surface area contributed by atoms with Crippen molar-refractivity contribution in [3.8, 4) is 0 Å². The minimum absolute atomic E-state index is 0.218. The summed E-state index contributed by atoms with van der Waals surface area (Å²) in [5, 5.41) is 0. The smallest absolute Gasteiger partial charge is 0.417 e. The predicted molar refractivity (Wildman–Crippen MR) is 130 cm³/mol. The Labute approximate surface area is 209 Å². The fraction of sp³-hybridized carbons (Fsp3) is 0.370. The van der Waals surface area contributed by atoms with Crippen molar-refractivity contribution in [2.75, 3.05) is 4.90 Å². The minimum atomic E-state index is -0.762. The third-order valence-corrected chi connectivity index (χ3v) is 6.81. The molecule has 0 bridgehead atoms. The van der Waals surface area contributed by atoms with Gasteiger partial charge in [-0.15, -0.1) is 0 Å². The lowest BCUT2D eigenvalue weighted by Crippen LogP contribution is -2.39. The van der Waals surface area contributed by atoms with E-state index in [0.717, 1.165) is 16.7 Å². The highest BCUT2D eigenvalue weighted by Crippen LogP contribution is 2.50. The summed E-state index contributed by atoms with van der Waals surface area (Å²) in [6.45, 7) is 8.85. The van der Waals surface area contributed by atoms with Gasteiger partial charge in [0.1, 0.15) is 11.9 Å². The zero-order valence-electron chi connectivity index (χ0n) is 20.9. The number of rotatable bonds is 3. The van der Waals surface area contributed by atoms with Gasteiger partial charge in [0.05, 0.1) is 36.0 Å². The van der Waals surface area contributed by atoms with Crippen LogP contribution in [0.5, 0.6) is 0 Å². The largest absolute Gasteiger partial charge is 0.473 e. The molecule has 2 aromatic rings. The molecule has 1 fully saturated rings. The molecule has 5 rings (SSSR count). The molecule has 2 aliphatic heterocycles. The van der Waals surface area contributed by atoms with Crippen LogP contribution in [0.2, 0.25) is 0 Å². The number of hydrogen-bond acceptors (Lipinski definition) is 7. The van der Waals surface area contributed by atoms with Crippen molar-refractivity contribution in [1.82, 2.24) is 14.9 Å². The van der Waals surface area contributed by atoms with E-state index in [1.807, 2.05) is 31.2 Å². The summed E-state index contributed by atoms with van der Waals surface area (Å²) in [6.07, 6.45) is 5.01. The van der Waals surface area contributed by atoms with Gasteiger partial charge in [-0.25, -0.2) is 19.7 Å². The predicted octanol–water partition coefficient (Wildman–Crippen LogP) is 4.08. The first-order valence-electron chi connectivity index (χ1n) is 11.8. The molecule has 1 aliphatic carbocycles. The van der Waals surface area contributed by atoms with Gasteiger partial charge in [-0.05, 0) is 57.7 Å². The Hall–Kier alpha value is -4.01. The van der Waals surface area contributed by atoms with E-state index >= 15 is 0 Å². The summed E-state index contributed by atoms with van der Waals surface area (Å²) in [4.78, 5) is 50.4. The van der Waals surface area contributed by atoms with Gasteiger partial charge < -0.3 is 9.47 Å². The Bertz CT molecular complexity index is 1310. The van der Waals surface area contributed by atoms with E-state index in [2.05, 4.69) is 9.97 Å². The van der Waals surface area contributed by atoms with E-state index < -0.39 is 29.9 Å². The molecule has 3 heterocycles. The Morgan fingerprint density at radius 1 is 1.08 bits per heavy atom. The number of imide groups is 1. The number of fused-ring (bicyclic) bond motifs is 3. The molecule has 0 radical (unpaired) electrons. The van der Waals surface area contributed by atoms with E-state index in [1.54, 1.807) is 27.7 Å². The zero-order valence-corrected chi connectivity index (χ0v) is 20.9. The second kappa shape index (κ2) is 8.58. The fourth-order valence-corrected chi connectivity index (χ4v) is 5.05. The van der Waals surface area contributed by atoms with E-state index in [0.29, 0.717) is 23.3 Å². The number of ether oxygens (including phenoxy) is 2. The van der Waals surface area contributed by atoms with Gasteiger partial charge in [0, 0.05) is 11.5 Å². The lowest BCUT2D eigenvalue weighted by atomic mass is 9.97. The topological polar surface area (TPSA) is 102 Å². The first-order valence-corrected chi connectivity index (χ1v) is 11.8. The van der Waals surface area contributed by atoms with Crippen molar-refractivity contribution >= 4 is 23.6 Å². The maximum atomic E-state index is 13.6. The van der Waals surface area contributed by atoms with Crippen LogP contribution in [0.4, 0.5) is 10.5 Å². The highest BCUT2D eigenvalue weighted by molar-refractivity contribution is 6.09. The normalized spacial score (nSPS) is 24.5. The molecule has 0 N–H and O–H groups in total. The first-order chi connectivity index (χ1) is 17.1. The molecular formula is C27H28N4O5. The molecule has 3 aliphatic rings. The van der Waals surface area contributed by atoms with Crippen LogP contribution in [0.1, 0.15) is 51.8 Å². The molecule has 1 saturated heterocycles. The molecule has 1 aromatic carbocycles. The Balaban J connectivity index is 1.50. The quantitative estimate of drug-likeness (QED) is 0.474. The van der Waals surface area contributed by atoms with Crippen molar-refractivity contribution < 1.29 is 23.9 Å². The third-order valence-electron chi connectivity index (χ3n) is 6.81. The fourth-order valence-electron chi connectivity index (χ4n) is 5.05. The molecule has 9 nitrogen and oxygen atoms in total. The van der Waals surface area contributed by atoms with Crippen molar-refractivity contribution in [3.05, 3.63) is 77.1 Å². The van der Waals surface area contributed by atoms with Gasteiger partial charge in [0.15, 0.2) is 0 Å². The average Bonchev–Trinajstić information content (AvgIpc) is 3.40. The zero-order chi connectivity index (χ0) is 25.8. The maximum absolute atomic E-state index is 13.6. The second-order valence-corrected chi connectivity index (χ2v) is 10.3. The molecular weight excluding hydrogens is 460 g/mol. The second-order valence-electron chi connectivity index (χ2n) is 10.3. The number of aromatic nitrogens is 2. The van der Waals surface area contributed by atoms with Crippen LogP contribution in [0.25, 0.3) is 0 Å². The molecule has 186 valence electrons. The van der Waals surface area contributed by atoms with E-state index in [-0.39, 0.29) is 11.8 Å². The van der Waals surface area contributed by atoms with Crippen LogP contribution in [0.3, 0.4) is 0 Å². The van der Waals surface area contributed by atoms with Crippen molar-refractivity contribution in [1.29, 1.82) is 0 Å². The molecule has 3 atom stereocenters. The van der Waals surface area contributed by atoms with E-state index in [1.165, 1.54) is 34.8 Å². The van der Waals surface area contributed by atoms with Crippen molar-refractivity contribution in [2.45, 2.75) is 58.9 Å². The summed E-state index contributed by atoms with van der Waals surface area (Å²) >= 11 is 0. The van der Waals surface area contributed by atoms with Crippen LogP contribution < -0.4 is 4.90 Å². The highest BCUT2D eigenvalue weighted by atomic mass is 16.6. The molecule has 0 saturated carbocycles. The number of anilines is 1. The Morgan fingerprint density at radius 2 is 1.78 bits per heavy atom. The van der Waals surface area contributed by atoms with Gasteiger partial charge in [0.2, 0.25) is 6.23 Å². The van der Waals surface area contributed by atoms with Gasteiger partial charge in [-0.3, -0.25) is 14.5 Å². The number of carbonyl (C=O) groups is 3. The lowest BCUT2D eigenvalue weighted by molar-refractivity contribution is -0.125. The summed E-state index contributed by atoms with van der Waals surface area (Å²) in [5.74, 6) is -0.950. The van der Waals surface area contributed by atoms with Crippen LogP contribution in [-0.2, 0) is 25.5 Å². The molecule has 36 heavy (non-hydrogen) atoms. The number of nitrogens with zero attached hydrogens (tertiary/aromatic N) is 4. The number of hydrogen-bond donors (Lipinski definition) is 0. The van der Waals surface area contributed by atoms with Crippen molar-refractivity contribution in [3.63, 3.8) is 0 Å². The number of amides is 3. The monoisotopic (exact) mass is 488 g/mol. The highest BCUT2D eigenvalue weighted by Gasteiger charge is 2.53. The summed E-state index contributed by atoms with van der Waals surface area (Å²) in [5.41, 5.74) is 3.39. The summed E-state index contributed by atoms with van der Waals surface area (Å²) < 4.78 is 11.7. The van der Waals surface area contributed by atoms with Crippen LogP contribution in [-0.4, -0.2) is 44.6 Å². The number of likely N-dealkylation sites (tertiary alicyclic amines) is 1. The Morgan fingerprint density at radius 3 is 2.47 bits per heavy atom. The molecule has 3 amide bonds. The first kappa shape index (κ1) is 23.7. The summed E-state index contributed by atoms with van der Waals surface area (Å²) in [7, 11) is 0. The van der Waals surface area contributed by atoms with Crippen LogP contribution >= 0.6 is 0 Å². The SMILES string of the molecule is CC1=C(C)C(O/C=C2/C(=O)N(C(=O)OC(C)(C)C)C3c4ccccc4CC23)N(c2cncnc2)C1=O. The molecule has 3 unspecified atom stereocenters. The molecule has 0 spiro atoms.